The van der Waals surface area contributed by atoms with Gasteiger partial charge in [0, 0.05) is 24.7 Å². The molecule has 9 heteroatoms. The van der Waals surface area contributed by atoms with Gasteiger partial charge in [-0.05, 0) is 37.4 Å². The molecule has 0 bridgehead atoms. The molecule has 2 aliphatic rings. The molecular formula is C18H21N5O3S. The first-order valence-corrected chi connectivity index (χ1v) is 10.5. The van der Waals surface area contributed by atoms with Crippen LogP contribution < -0.4 is 10.6 Å². The Hall–Kier alpha value is -2.52. The van der Waals surface area contributed by atoms with Crippen LogP contribution in [0.25, 0.3) is 11.0 Å². The maximum absolute atomic E-state index is 12.6. The number of H-pyrrole nitrogens is 1. The van der Waals surface area contributed by atoms with Gasteiger partial charge in [-0.25, -0.2) is 13.4 Å². The number of aromatic nitrogens is 3. The summed E-state index contributed by atoms with van der Waals surface area (Å²) in [6.07, 6.45) is 9.68. The molecule has 0 saturated carbocycles. The Bertz CT molecular complexity index is 1020. The van der Waals surface area contributed by atoms with Crippen LogP contribution in [0.1, 0.15) is 23.2 Å². The highest BCUT2D eigenvalue weighted by Crippen LogP contribution is 2.25. The van der Waals surface area contributed by atoms with Crippen molar-refractivity contribution < 1.29 is 13.2 Å². The van der Waals surface area contributed by atoms with Crippen LogP contribution in [-0.4, -0.2) is 54.4 Å². The number of rotatable bonds is 5. The molecule has 1 aliphatic carbocycles. The van der Waals surface area contributed by atoms with E-state index in [1.165, 1.54) is 6.20 Å². The third-order valence-corrected chi connectivity index (χ3v) is 7.26. The number of nitrogens with one attached hydrogen (secondary N) is 3. The van der Waals surface area contributed by atoms with Crippen molar-refractivity contribution in [1.29, 1.82) is 0 Å². The maximum atomic E-state index is 12.6. The molecule has 27 heavy (non-hydrogen) atoms. The third-order valence-electron chi connectivity index (χ3n) is 5.02. The summed E-state index contributed by atoms with van der Waals surface area (Å²) in [5.41, 5.74) is 1.11. The zero-order chi connectivity index (χ0) is 18.9. The molecule has 0 aromatic carbocycles. The van der Waals surface area contributed by atoms with Crippen LogP contribution in [0, 0.1) is 5.92 Å². The van der Waals surface area contributed by atoms with E-state index in [4.69, 9.17) is 0 Å². The lowest BCUT2D eigenvalue weighted by molar-refractivity contribution is 0.0949. The van der Waals surface area contributed by atoms with Crippen LogP contribution in [0.5, 0.6) is 0 Å². The first kappa shape index (κ1) is 17.9. The van der Waals surface area contributed by atoms with Gasteiger partial charge < -0.3 is 10.6 Å². The molecule has 4 rings (SSSR count). The fourth-order valence-corrected chi connectivity index (χ4v) is 5.13. The molecule has 1 aliphatic heterocycles. The SMILES string of the molecule is O=C(NCC1C=CC(S(=O)(=O)C2CCNC2)=CC1)c1cnc2[nH]ncc2c1. The molecule has 1 saturated heterocycles. The summed E-state index contributed by atoms with van der Waals surface area (Å²) in [5, 5.41) is 13.1. The summed E-state index contributed by atoms with van der Waals surface area (Å²) in [6.45, 7) is 1.70. The fraction of sp³-hybridized carbons (Fsp3) is 0.389. The zero-order valence-electron chi connectivity index (χ0n) is 14.7. The normalized spacial score (nSPS) is 22.7. The van der Waals surface area contributed by atoms with Crippen molar-refractivity contribution in [2.24, 2.45) is 5.92 Å². The summed E-state index contributed by atoms with van der Waals surface area (Å²) in [4.78, 5) is 16.9. The van der Waals surface area contributed by atoms with Crippen LogP contribution in [0.2, 0.25) is 0 Å². The Kier molecular flexibility index (Phi) is 4.79. The predicted octanol–water partition coefficient (Wildman–Crippen LogP) is 0.924. The van der Waals surface area contributed by atoms with E-state index >= 15 is 0 Å². The van der Waals surface area contributed by atoms with Gasteiger partial charge in [0.2, 0.25) is 0 Å². The Morgan fingerprint density at radius 3 is 2.96 bits per heavy atom. The summed E-state index contributed by atoms with van der Waals surface area (Å²) in [7, 11) is -3.27. The molecule has 142 valence electrons. The van der Waals surface area contributed by atoms with Crippen LogP contribution in [-0.2, 0) is 9.84 Å². The number of amides is 1. The van der Waals surface area contributed by atoms with Gasteiger partial charge in [-0.2, -0.15) is 5.10 Å². The quantitative estimate of drug-likeness (QED) is 0.703. The van der Waals surface area contributed by atoms with Gasteiger partial charge in [-0.1, -0.05) is 12.2 Å². The Morgan fingerprint density at radius 1 is 1.33 bits per heavy atom. The van der Waals surface area contributed by atoms with Crippen LogP contribution in [0.4, 0.5) is 0 Å². The number of carbonyl (C=O) groups is 1. The van der Waals surface area contributed by atoms with Crippen molar-refractivity contribution in [1.82, 2.24) is 25.8 Å². The Morgan fingerprint density at radius 2 is 2.22 bits per heavy atom. The number of fused-ring (bicyclic) bond motifs is 1. The van der Waals surface area contributed by atoms with Crippen molar-refractivity contribution in [3.63, 3.8) is 0 Å². The molecule has 8 nitrogen and oxygen atoms in total. The zero-order valence-corrected chi connectivity index (χ0v) is 15.5. The van der Waals surface area contributed by atoms with Crippen molar-refractivity contribution in [2.45, 2.75) is 18.1 Å². The van der Waals surface area contributed by atoms with Crippen LogP contribution in [0.15, 0.2) is 41.6 Å². The third kappa shape index (κ3) is 3.65. The summed E-state index contributed by atoms with van der Waals surface area (Å²) < 4.78 is 25.2. The lowest BCUT2D eigenvalue weighted by Crippen LogP contribution is -2.30. The number of hydrogen-bond acceptors (Lipinski definition) is 6. The maximum Gasteiger partial charge on any atom is 0.252 e. The Balaban J connectivity index is 1.34. The molecule has 2 aromatic rings. The van der Waals surface area contributed by atoms with Gasteiger partial charge >= 0.3 is 0 Å². The van der Waals surface area contributed by atoms with Crippen molar-refractivity contribution in [2.75, 3.05) is 19.6 Å². The van der Waals surface area contributed by atoms with Gasteiger partial charge in [0.05, 0.1) is 21.9 Å². The first-order valence-electron chi connectivity index (χ1n) is 8.94. The van der Waals surface area contributed by atoms with Gasteiger partial charge in [0.1, 0.15) is 0 Å². The van der Waals surface area contributed by atoms with E-state index in [0.717, 1.165) is 11.9 Å². The van der Waals surface area contributed by atoms with Crippen molar-refractivity contribution in [3.8, 4) is 0 Å². The van der Waals surface area contributed by atoms with Gasteiger partial charge in [-0.3, -0.25) is 9.89 Å². The van der Waals surface area contributed by atoms with Gasteiger partial charge in [-0.15, -0.1) is 0 Å². The number of carbonyl (C=O) groups excluding carboxylic acids is 1. The second-order valence-corrected chi connectivity index (χ2v) is 9.09. The first-order chi connectivity index (χ1) is 13.0. The lowest BCUT2D eigenvalue weighted by atomic mass is 10.0. The summed E-state index contributed by atoms with van der Waals surface area (Å²) in [5.74, 6) is -0.140. The van der Waals surface area contributed by atoms with E-state index < -0.39 is 9.84 Å². The van der Waals surface area contributed by atoms with E-state index in [0.29, 0.717) is 42.0 Å². The van der Waals surface area contributed by atoms with E-state index in [1.54, 1.807) is 24.4 Å². The standard InChI is InChI=1S/C18H21N5O3S/c24-18(14-7-13-10-22-23-17(13)20-9-14)21-8-12-1-3-15(4-2-12)27(25,26)16-5-6-19-11-16/h1,3-4,7,9-10,12,16,19H,2,5-6,8,11H2,(H,21,24)(H,20,22,23). The van der Waals surface area contributed by atoms with Crippen molar-refractivity contribution >= 4 is 26.8 Å². The monoisotopic (exact) mass is 387 g/mol. The topological polar surface area (TPSA) is 117 Å². The van der Waals surface area contributed by atoms with E-state index in [9.17, 15) is 13.2 Å². The van der Waals surface area contributed by atoms with Gasteiger partial charge in [0.15, 0.2) is 15.5 Å². The van der Waals surface area contributed by atoms with Crippen molar-refractivity contribution in [3.05, 3.63) is 47.2 Å². The highest BCUT2D eigenvalue weighted by molar-refractivity contribution is 7.96. The van der Waals surface area contributed by atoms with E-state index in [2.05, 4.69) is 25.8 Å². The molecule has 1 amide bonds. The molecule has 3 heterocycles. The average molecular weight is 387 g/mol. The predicted molar refractivity (Wildman–Crippen MR) is 102 cm³/mol. The number of pyridine rings is 1. The molecule has 2 unspecified atom stereocenters. The second kappa shape index (κ2) is 7.24. The van der Waals surface area contributed by atoms with E-state index in [-0.39, 0.29) is 17.1 Å². The lowest BCUT2D eigenvalue weighted by Gasteiger charge is -2.19. The molecule has 2 atom stereocenters. The minimum atomic E-state index is -3.27. The summed E-state index contributed by atoms with van der Waals surface area (Å²) in [6, 6.07) is 1.73. The molecule has 0 radical (unpaired) electrons. The molecule has 1 fully saturated rings. The average Bonchev–Trinajstić information content (AvgIpc) is 3.37. The highest BCUT2D eigenvalue weighted by Gasteiger charge is 2.31. The molecule has 0 spiro atoms. The van der Waals surface area contributed by atoms with Gasteiger partial charge in [0.25, 0.3) is 5.91 Å². The van der Waals surface area contributed by atoms with Crippen LogP contribution in [0.3, 0.4) is 0 Å². The fourth-order valence-electron chi connectivity index (χ4n) is 3.38. The largest absolute Gasteiger partial charge is 0.351 e. The molecule has 2 aromatic heterocycles. The number of allylic oxidation sites excluding steroid dienone is 2. The number of hydrogen-bond donors (Lipinski definition) is 3. The number of aromatic amines is 1. The minimum absolute atomic E-state index is 0.0696. The molecule has 3 N–H and O–H groups in total. The Labute approximate surface area is 157 Å². The minimum Gasteiger partial charge on any atom is -0.351 e. The highest BCUT2D eigenvalue weighted by atomic mass is 32.2. The molecular weight excluding hydrogens is 366 g/mol. The smallest absolute Gasteiger partial charge is 0.252 e. The van der Waals surface area contributed by atoms with E-state index in [1.807, 2.05) is 6.08 Å². The number of nitrogens with zero attached hydrogens (tertiary/aromatic N) is 2. The second-order valence-electron chi connectivity index (χ2n) is 6.86. The summed E-state index contributed by atoms with van der Waals surface area (Å²) >= 11 is 0. The van der Waals surface area contributed by atoms with Crippen LogP contribution >= 0.6 is 0 Å². The number of sulfone groups is 1.